The number of carboxylic acid groups (broad SMARTS) is 1. The number of carboxylic acids is 1. The highest BCUT2D eigenvalue weighted by Gasteiger charge is 2.34. The van der Waals surface area contributed by atoms with Gasteiger partial charge in [-0.25, -0.2) is 4.79 Å². The summed E-state index contributed by atoms with van der Waals surface area (Å²) in [5, 5.41) is 12.1. The predicted octanol–water partition coefficient (Wildman–Crippen LogP) is 3.11. The van der Waals surface area contributed by atoms with Gasteiger partial charge in [0.25, 0.3) is 0 Å². The molecule has 1 aliphatic carbocycles. The molecule has 0 spiro atoms. The Bertz CT molecular complexity index is 1020. The van der Waals surface area contributed by atoms with Gasteiger partial charge < -0.3 is 24.8 Å². The average molecular weight is 467 g/mol. The van der Waals surface area contributed by atoms with E-state index in [2.05, 4.69) is 17.4 Å². The van der Waals surface area contributed by atoms with Crippen LogP contribution in [0.3, 0.4) is 0 Å². The van der Waals surface area contributed by atoms with Crippen molar-refractivity contribution in [1.29, 1.82) is 0 Å². The summed E-state index contributed by atoms with van der Waals surface area (Å²) < 4.78 is 10.9. The van der Waals surface area contributed by atoms with Gasteiger partial charge in [0.2, 0.25) is 5.91 Å². The first-order valence-corrected chi connectivity index (χ1v) is 11.6. The molecule has 2 aromatic carbocycles. The molecule has 1 aliphatic heterocycles. The lowest BCUT2D eigenvalue weighted by Crippen LogP contribution is -2.53. The van der Waals surface area contributed by atoms with E-state index in [9.17, 15) is 19.5 Å². The first kappa shape index (κ1) is 23.8. The number of aliphatic carboxylic acids is 1. The van der Waals surface area contributed by atoms with Crippen LogP contribution in [0.25, 0.3) is 11.1 Å². The minimum absolute atomic E-state index is 0.0454. The van der Waals surface area contributed by atoms with Crippen LogP contribution in [-0.4, -0.2) is 66.9 Å². The number of rotatable bonds is 6. The molecule has 2 amide bonds. The topological polar surface area (TPSA) is 105 Å². The summed E-state index contributed by atoms with van der Waals surface area (Å²) in [6.07, 6.45) is -0.672. The van der Waals surface area contributed by atoms with E-state index in [4.69, 9.17) is 9.47 Å². The van der Waals surface area contributed by atoms with Gasteiger partial charge in [-0.15, -0.1) is 0 Å². The largest absolute Gasteiger partial charge is 0.481 e. The SMILES string of the molecule is CC(C)C(NC(=O)OCC1c2ccccc2-c2ccccc21)C(=O)N1CCOCC(C(=O)O)C1. The van der Waals surface area contributed by atoms with Gasteiger partial charge in [-0.1, -0.05) is 62.4 Å². The van der Waals surface area contributed by atoms with Crippen LogP contribution in [0.1, 0.15) is 30.9 Å². The van der Waals surface area contributed by atoms with E-state index in [0.717, 1.165) is 22.3 Å². The third kappa shape index (κ3) is 4.92. The Morgan fingerprint density at radius 3 is 2.29 bits per heavy atom. The van der Waals surface area contributed by atoms with Crippen LogP contribution in [0.4, 0.5) is 4.79 Å². The molecular formula is C26H30N2O6. The van der Waals surface area contributed by atoms with Crippen molar-refractivity contribution in [3.05, 3.63) is 59.7 Å². The summed E-state index contributed by atoms with van der Waals surface area (Å²) in [4.78, 5) is 38.8. The maximum atomic E-state index is 13.2. The molecule has 180 valence electrons. The number of hydrogen-bond acceptors (Lipinski definition) is 5. The van der Waals surface area contributed by atoms with Gasteiger partial charge >= 0.3 is 12.1 Å². The van der Waals surface area contributed by atoms with Crippen molar-refractivity contribution in [3.8, 4) is 11.1 Å². The van der Waals surface area contributed by atoms with Crippen LogP contribution < -0.4 is 5.32 Å². The molecule has 0 saturated carbocycles. The van der Waals surface area contributed by atoms with Gasteiger partial charge in [-0.3, -0.25) is 9.59 Å². The lowest BCUT2D eigenvalue weighted by molar-refractivity contribution is -0.144. The van der Waals surface area contributed by atoms with Crippen LogP contribution >= 0.6 is 0 Å². The van der Waals surface area contributed by atoms with Crippen molar-refractivity contribution in [1.82, 2.24) is 10.2 Å². The van der Waals surface area contributed by atoms with Crippen LogP contribution in [-0.2, 0) is 19.1 Å². The summed E-state index contributed by atoms with van der Waals surface area (Å²) in [5.74, 6) is -2.43. The van der Waals surface area contributed by atoms with Crippen LogP contribution in [0.15, 0.2) is 48.5 Å². The number of benzene rings is 2. The molecule has 1 heterocycles. The fourth-order valence-corrected chi connectivity index (χ4v) is 4.64. The quantitative estimate of drug-likeness (QED) is 0.678. The third-order valence-electron chi connectivity index (χ3n) is 6.48. The van der Waals surface area contributed by atoms with Crippen LogP contribution in [0.2, 0.25) is 0 Å². The Morgan fingerprint density at radius 1 is 1.09 bits per heavy atom. The summed E-state index contributed by atoms with van der Waals surface area (Å²) in [6, 6.07) is 15.3. The number of ether oxygens (including phenoxy) is 2. The number of fused-ring (bicyclic) bond motifs is 3. The standard InChI is InChI=1S/C26H30N2O6/c1-16(2)23(24(29)28-11-12-33-14-17(13-28)25(30)31)27-26(32)34-15-22-20-9-5-3-7-18(20)19-8-4-6-10-21(19)22/h3-10,16-17,22-23H,11-15H2,1-2H3,(H,27,32)(H,30,31). The molecule has 2 unspecified atom stereocenters. The minimum Gasteiger partial charge on any atom is -0.481 e. The highest BCUT2D eigenvalue weighted by Crippen LogP contribution is 2.44. The lowest BCUT2D eigenvalue weighted by atomic mass is 9.98. The smallest absolute Gasteiger partial charge is 0.407 e. The van der Waals surface area contributed by atoms with Gasteiger partial charge in [-0.2, -0.15) is 0 Å². The maximum absolute atomic E-state index is 13.2. The van der Waals surface area contributed by atoms with Gasteiger partial charge in [0.1, 0.15) is 12.6 Å². The average Bonchev–Trinajstić information content (AvgIpc) is 2.96. The zero-order chi connectivity index (χ0) is 24.2. The first-order valence-electron chi connectivity index (χ1n) is 11.6. The first-order chi connectivity index (χ1) is 16.4. The van der Waals surface area contributed by atoms with Crippen molar-refractivity contribution < 1.29 is 29.0 Å². The lowest BCUT2D eigenvalue weighted by Gasteiger charge is -2.29. The third-order valence-corrected chi connectivity index (χ3v) is 6.48. The maximum Gasteiger partial charge on any atom is 0.407 e. The van der Waals surface area contributed by atoms with E-state index in [1.54, 1.807) is 0 Å². The summed E-state index contributed by atoms with van der Waals surface area (Å²) in [5.41, 5.74) is 4.49. The Hall–Kier alpha value is -3.39. The van der Waals surface area contributed by atoms with Crippen molar-refractivity contribution in [2.45, 2.75) is 25.8 Å². The molecule has 34 heavy (non-hydrogen) atoms. The van der Waals surface area contributed by atoms with Crippen molar-refractivity contribution in [2.75, 3.05) is 32.9 Å². The number of amides is 2. The second kappa shape index (κ2) is 10.3. The predicted molar refractivity (Wildman–Crippen MR) is 125 cm³/mol. The zero-order valence-electron chi connectivity index (χ0n) is 19.4. The van der Waals surface area contributed by atoms with Crippen molar-refractivity contribution >= 4 is 18.0 Å². The Kier molecular flexibility index (Phi) is 7.17. The molecule has 4 rings (SSSR count). The molecule has 2 aliphatic rings. The van der Waals surface area contributed by atoms with E-state index in [0.29, 0.717) is 0 Å². The summed E-state index contributed by atoms with van der Waals surface area (Å²) in [6.45, 7) is 4.45. The number of carbonyl (C=O) groups is 3. The fourth-order valence-electron chi connectivity index (χ4n) is 4.64. The highest BCUT2D eigenvalue weighted by molar-refractivity contribution is 5.86. The molecule has 1 saturated heterocycles. The molecule has 2 N–H and O–H groups in total. The second-order valence-electron chi connectivity index (χ2n) is 9.09. The van der Waals surface area contributed by atoms with Crippen molar-refractivity contribution in [2.24, 2.45) is 11.8 Å². The molecule has 0 bridgehead atoms. The van der Waals surface area contributed by atoms with E-state index in [1.165, 1.54) is 4.90 Å². The highest BCUT2D eigenvalue weighted by atomic mass is 16.5. The molecule has 0 aromatic heterocycles. The number of carbonyl (C=O) groups excluding carboxylic acids is 2. The minimum atomic E-state index is -1.01. The monoisotopic (exact) mass is 466 g/mol. The van der Waals surface area contributed by atoms with Gasteiger partial charge in [0.05, 0.1) is 19.1 Å². The van der Waals surface area contributed by atoms with E-state index >= 15 is 0 Å². The normalized spacial score (nSPS) is 18.6. The van der Waals surface area contributed by atoms with E-state index in [-0.39, 0.29) is 50.7 Å². The molecule has 8 heteroatoms. The molecule has 0 radical (unpaired) electrons. The van der Waals surface area contributed by atoms with Crippen molar-refractivity contribution in [3.63, 3.8) is 0 Å². The van der Waals surface area contributed by atoms with Crippen LogP contribution in [0, 0.1) is 11.8 Å². The Labute approximate surface area is 198 Å². The molecule has 2 atom stereocenters. The molecular weight excluding hydrogens is 436 g/mol. The Balaban J connectivity index is 1.42. The van der Waals surface area contributed by atoms with Gasteiger partial charge in [0.15, 0.2) is 0 Å². The second-order valence-corrected chi connectivity index (χ2v) is 9.09. The summed E-state index contributed by atoms with van der Waals surface area (Å²) in [7, 11) is 0. The van der Waals surface area contributed by atoms with E-state index < -0.39 is 24.0 Å². The van der Waals surface area contributed by atoms with Gasteiger partial charge in [0, 0.05) is 19.0 Å². The summed E-state index contributed by atoms with van der Waals surface area (Å²) >= 11 is 0. The fraction of sp³-hybridized carbons (Fsp3) is 0.423. The molecule has 2 aromatic rings. The van der Waals surface area contributed by atoms with Crippen LogP contribution in [0.5, 0.6) is 0 Å². The molecule has 1 fully saturated rings. The number of nitrogens with zero attached hydrogens (tertiary/aromatic N) is 1. The number of nitrogens with one attached hydrogen (secondary N) is 1. The Morgan fingerprint density at radius 2 is 1.71 bits per heavy atom. The number of hydrogen-bond donors (Lipinski definition) is 2. The molecule has 8 nitrogen and oxygen atoms in total. The van der Waals surface area contributed by atoms with Gasteiger partial charge in [-0.05, 0) is 28.2 Å². The number of alkyl carbamates (subject to hydrolysis) is 1. The van der Waals surface area contributed by atoms with E-state index in [1.807, 2.05) is 50.2 Å². The zero-order valence-corrected chi connectivity index (χ0v) is 19.4.